The van der Waals surface area contributed by atoms with Crippen molar-refractivity contribution in [2.24, 2.45) is 0 Å². The Bertz CT molecular complexity index is 1470. The first-order valence-corrected chi connectivity index (χ1v) is 13.5. The molecule has 1 amide bonds. The molecular weight excluding hydrogens is 488 g/mol. The molecule has 1 aliphatic carbocycles. The molecule has 3 aliphatic rings. The minimum absolute atomic E-state index is 0.00512. The third-order valence-corrected chi connectivity index (χ3v) is 9.37. The van der Waals surface area contributed by atoms with Crippen molar-refractivity contribution in [3.8, 4) is 11.1 Å². The fraction of sp³-hybridized carbons (Fsp3) is 0.385. The number of ether oxygens (including phenoxy) is 1. The minimum atomic E-state index is -4.26. The average molecular weight is 514 g/mol. The summed E-state index contributed by atoms with van der Waals surface area (Å²) in [5.74, 6) is -1.86. The summed E-state index contributed by atoms with van der Waals surface area (Å²) >= 11 is 0. The smallest absolute Gasteiger partial charge is 0.248 e. The number of hydrogen-bond acceptors (Lipinski definition) is 5. The molecule has 3 fully saturated rings. The summed E-state index contributed by atoms with van der Waals surface area (Å²) in [7, 11) is -4.26. The molecule has 0 radical (unpaired) electrons. The highest BCUT2D eigenvalue weighted by molar-refractivity contribution is 7.89. The number of pyridine rings is 1. The van der Waals surface area contributed by atoms with Crippen LogP contribution in [0.2, 0.25) is 0 Å². The molecule has 2 aromatic carbocycles. The molecule has 0 bridgehead atoms. The first-order valence-electron chi connectivity index (χ1n) is 12.0. The van der Waals surface area contributed by atoms with Crippen LogP contribution >= 0.6 is 0 Å². The van der Waals surface area contributed by atoms with E-state index in [1.54, 1.807) is 30.5 Å². The number of amides is 1. The van der Waals surface area contributed by atoms with Crippen LogP contribution < -0.4 is 0 Å². The number of nitrogens with zero attached hydrogens (tertiary/aromatic N) is 3. The molecule has 0 atom stereocenters. The zero-order chi connectivity index (χ0) is 25.1. The molecule has 1 aromatic heterocycles. The van der Waals surface area contributed by atoms with E-state index in [2.05, 4.69) is 4.98 Å². The van der Waals surface area contributed by atoms with Crippen LogP contribution in [0.25, 0.3) is 22.0 Å². The second kappa shape index (κ2) is 8.57. The van der Waals surface area contributed by atoms with Gasteiger partial charge >= 0.3 is 0 Å². The van der Waals surface area contributed by atoms with E-state index < -0.39 is 32.2 Å². The molecule has 2 aliphatic heterocycles. The summed E-state index contributed by atoms with van der Waals surface area (Å²) in [5.41, 5.74) is 0.406. The lowest BCUT2D eigenvalue weighted by atomic mass is 9.90. The van der Waals surface area contributed by atoms with Crippen LogP contribution in [0.5, 0.6) is 0 Å². The number of aromatic nitrogens is 1. The molecule has 7 nitrogen and oxygen atoms in total. The van der Waals surface area contributed by atoms with E-state index in [1.807, 2.05) is 11.0 Å². The SMILES string of the molecule is O=C1COC2(CCN(S(=O)(=O)c3cc(F)c(-c4ccc5cccnc5c4)cc3F)CC2)CN1C1CC1. The number of fused-ring (bicyclic) bond motifs is 1. The maximum Gasteiger partial charge on any atom is 0.248 e. The topological polar surface area (TPSA) is 79.8 Å². The number of morpholine rings is 1. The van der Waals surface area contributed by atoms with Crippen LogP contribution in [0.15, 0.2) is 53.6 Å². The van der Waals surface area contributed by atoms with E-state index >= 15 is 8.78 Å². The highest BCUT2D eigenvalue weighted by atomic mass is 32.2. The summed E-state index contributed by atoms with van der Waals surface area (Å²) in [6.45, 7) is 0.653. The van der Waals surface area contributed by atoms with Crippen molar-refractivity contribution >= 4 is 26.8 Å². The first kappa shape index (κ1) is 23.4. The van der Waals surface area contributed by atoms with Gasteiger partial charge < -0.3 is 9.64 Å². The molecule has 0 unspecified atom stereocenters. The monoisotopic (exact) mass is 513 g/mol. The highest BCUT2D eigenvalue weighted by Crippen LogP contribution is 2.38. The van der Waals surface area contributed by atoms with Gasteiger partial charge in [-0.1, -0.05) is 18.2 Å². The van der Waals surface area contributed by atoms with Gasteiger partial charge in [-0.25, -0.2) is 17.2 Å². The van der Waals surface area contributed by atoms with Crippen molar-refractivity contribution in [3.63, 3.8) is 0 Å². The van der Waals surface area contributed by atoms with Gasteiger partial charge in [0.1, 0.15) is 23.1 Å². The molecule has 2 saturated heterocycles. The normalized spacial score (nSPS) is 20.8. The molecule has 1 spiro atoms. The Morgan fingerprint density at radius 3 is 2.56 bits per heavy atom. The second-order valence-electron chi connectivity index (χ2n) is 9.80. The van der Waals surface area contributed by atoms with Gasteiger partial charge in [-0.15, -0.1) is 0 Å². The van der Waals surface area contributed by atoms with Crippen LogP contribution in [0.1, 0.15) is 25.7 Å². The summed E-state index contributed by atoms with van der Waals surface area (Å²) in [6, 6.07) is 10.7. The number of carbonyl (C=O) groups is 1. The number of halogens is 2. The van der Waals surface area contributed by atoms with E-state index in [1.165, 1.54) is 4.31 Å². The Morgan fingerprint density at radius 2 is 1.81 bits per heavy atom. The number of carbonyl (C=O) groups excluding carboxylic acids is 1. The molecule has 3 aromatic rings. The maximum atomic E-state index is 15.2. The zero-order valence-corrected chi connectivity index (χ0v) is 20.3. The summed E-state index contributed by atoms with van der Waals surface area (Å²) < 4.78 is 63.9. The lowest BCUT2D eigenvalue weighted by molar-refractivity contribution is -0.170. The number of sulfonamides is 1. The Kier molecular flexibility index (Phi) is 5.58. The van der Waals surface area contributed by atoms with E-state index in [-0.39, 0.29) is 37.2 Å². The van der Waals surface area contributed by atoms with Crippen molar-refractivity contribution in [2.45, 2.75) is 42.2 Å². The van der Waals surface area contributed by atoms with E-state index in [0.29, 0.717) is 30.5 Å². The summed E-state index contributed by atoms with van der Waals surface area (Å²) in [6.07, 6.45) is 4.35. The van der Waals surface area contributed by atoms with Crippen LogP contribution in [-0.2, 0) is 19.6 Å². The van der Waals surface area contributed by atoms with Gasteiger partial charge in [0.05, 0.1) is 17.7 Å². The Labute approximate surface area is 207 Å². The highest BCUT2D eigenvalue weighted by Gasteiger charge is 2.47. The van der Waals surface area contributed by atoms with Crippen molar-refractivity contribution < 1.29 is 26.7 Å². The van der Waals surface area contributed by atoms with Crippen LogP contribution in [0.4, 0.5) is 8.78 Å². The van der Waals surface area contributed by atoms with Gasteiger partial charge in [0.15, 0.2) is 0 Å². The lowest BCUT2D eigenvalue weighted by Crippen LogP contribution is -2.59. The third kappa shape index (κ3) is 4.07. The van der Waals surface area contributed by atoms with Gasteiger partial charge in [-0.3, -0.25) is 9.78 Å². The van der Waals surface area contributed by atoms with Crippen molar-refractivity contribution in [1.82, 2.24) is 14.2 Å². The average Bonchev–Trinajstić information content (AvgIpc) is 3.72. The van der Waals surface area contributed by atoms with Gasteiger partial charge in [0.2, 0.25) is 15.9 Å². The lowest BCUT2D eigenvalue weighted by Gasteiger charge is -2.46. The maximum absolute atomic E-state index is 15.2. The Morgan fingerprint density at radius 1 is 1.03 bits per heavy atom. The van der Waals surface area contributed by atoms with Crippen molar-refractivity contribution in [2.75, 3.05) is 26.2 Å². The number of hydrogen-bond donors (Lipinski definition) is 0. The Hall–Kier alpha value is -2.95. The van der Waals surface area contributed by atoms with Crippen LogP contribution in [0.3, 0.4) is 0 Å². The molecular formula is C26H25F2N3O4S. The van der Waals surface area contributed by atoms with Gasteiger partial charge in [-0.2, -0.15) is 4.31 Å². The molecule has 3 heterocycles. The predicted molar refractivity (Wildman–Crippen MR) is 129 cm³/mol. The van der Waals surface area contributed by atoms with Gasteiger partial charge in [0, 0.05) is 36.3 Å². The largest absolute Gasteiger partial charge is 0.363 e. The van der Waals surface area contributed by atoms with Gasteiger partial charge in [0.25, 0.3) is 0 Å². The van der Waals surface area contributed by atoms with E-state index in [4.69, 9.17) is 4.74 Å². The second-order valence-corrected chi connectivity index (χ2v) is 11.7. The molecule has 1 saturated carbocycles. The number of rotatable bonds is 4. The van der Waals surface area contributed by atoms with Gasteiger partial charge in [-0.05, 0) is 55.5 Å². The Balaban J connectivity index is 1.23. The minimum Gasteiger partial charge on any atom is -0.363 e. The molecule has 10 heteroatoms. The summed E-state index contributed by atoms with van der Waals surface area (Å²) in [5, 5.41) is 0.857. The number of benzene rings is 2. The van der Waals surface area contributed by atoms with E-state index in [0.717, 1.165) is 30.4 Å². The fourth-order valence-electron chi connectivity index (χ4n) is 5.22. The standard InChI is InChI=1S/C26H25F2N3O4S/c27-21-14-24(22(28)13-20(21)18-4-3-17-2-1-9-29-23(17)12-18)36(33,34)30-10-7-26(8-11-30)16-31(19-5-6-19)25(32)15-35-26/h1-4,9,12-14,19H,5-8,10-11,15-16H2. The van der Waals surface area contributed by atoms with E-state index in [9.17, 15) is 13.2 Å². The van der Waals surface area contributed by atoms with Crippen molar-refractivity contribution in [3.05, 3.63) is 60.3 Å². The quantitative estimate of drug-likeness (QED) is 0.531. The predicted octanol–water partition coefficient (Wildman–Crippen LogP) is 3.72. The van der Waals surface area contributed by atoms with Crippen molar-refractivity contribution in [1.29, 1.82) is 0 Å². The van der Waals surface area contributed by atoms with Crippen LogP contribution in [-0.4, -0.2) is 66.4 Å². The van der Waals surface area contributed by atoms with Crippen LogP contribution in [0, 0.1) is 11.6 Å². The third-order valence-electron chi connectivity index (χ3n) is 7.46. The molecule has 0 N–H and O–H groups in total. The molecule has 36 heavy (non-hydrogen) atoms. The molecule has 188 valence electrons. The summed E-state index contributed by atoms with van der Waals surface area (Å²) in [4.78, 5) is 17.6. The first-order chi connectivity index (χ1) is 17.3. The number of piperidine rings is 1. The zero-order valence-electron chi connectivity index (χ0n) is 19.5. The fourth-order valence-corrected chi connectivity index (χ4v) is 6.72. The molecule has 6 rings (SSSR count).